The number of pyridine rings is 1. The van der Waals surface area contributed by atoms with E-state index in [4.69, 9.17) is 9.84 Å². The molecule has 188 valence electrons. The Kier molecular flexibility index (Phi) is 6.02. The minimum absolute atomic E-state index is 0.0867. The monoisotopic (exact) mass is 492 g/mol. The van der Waals surface area contributed by atoms with Gasteiger partial charge in [0.25, 0.3) is 0 Å². The van der Waals surface area contributed by atoms with Crippen LogP contribution in [-0.4, -0.2) is 55.5 Å². The molecule has 1 N–H and O–H groups in total. The number of hydrogen-bond donors (Lipinski definition) is 1. The summed E-state index contributed by atoms with van der Waals surface area (Å²) in [6, 6.07) is 7.53. The normalized spacial score (nSPS) is 16.6. The van der Waals surface area contributed by atoms with E-state index in [1.54, 1.807) is 27.8 Å². The summed E-state index contributed by atoms with van der Waals surface area (Å²) in [5, 5.41) is 15.5. The number of carboxylic acid groups (broad SMARTS) is 1. The summed E-state index contributed by atoms with van der Waals surface area (Å²) in [6.45, 7) is 6.31. The number of carbonyl (C=O) groups excluding carboxylic acids is 1. The molecule has 0 unspecified atom stereocenters. The van der Waals surface area contributed by atoms with Crippen LogP contribution < -0.4 is 0 Å². The van der Waals surface area contributed by atoms with Gasteiger partial charge in [-0.25, -0.2) is 23.6 Å². The third-order valence-electron chi connectivity index (χ3n) is 6.65. The maximum atomic E-state index is 13.6. The zero-order chi connectivity index (χ0) is 25.6. The molecule has 0 radical (unpaired) electrons. The smallest absolute Gasteiger partial charge is 0.410 e. The van der Waals surface area contributed by atoms with E-state index in [2.05, 4.69) is 4.98 Å². The van der Waals surface area contributed by atoms with Crippen LogP contribution in [0.4, 0.5) is 9.18 Å². The molecule has 3 aromatic rings. The predicted molar refractivity (Wildman–Crippen MR) is 133 cm³/mol. The third-order valence-corrected chi connectivity index (χ3v) is 6.65. The molecule has 3 heterocycles. The highest BCUT2D eigenvalue weighted by Gasteiger charge is 2.31. The lowest BCUT2D eigenvalue weighted by atomic mass is 9.81. The van der Waals surface area contributed by atoms with E-state index in [0.29, 0.717) is 30.8 Å². The molecule has 1 aliphatic heterocycles. The van der Waals surface area contributed by atoms with Crippen molar-refractivity contribution in [1.29, 1.82) is 0 Å². The minimum atomic E-state index is -1.14. The highest BCUT2D eigenvalue weighted by Crippen LogP contribution is 2.42. The Morgan fingerprint density at radius 3 is 2.44 bits per heavy atom. The van der Waals surface area contributed by atoms with Gasteiger partial charge in [0.15, 0.2) is 11.3 Å². The number of nitrogens with zero attached hydrogens (tertiary/aromatic N) is 4. The number of benzene rings is 1. The van der Waals surface area contributed by atoms with Crippen molar-refractivity contribution < 1.29 is 23.8 Å². The zero-order valence-electron chi connectivity index (χ0n) is 20.6. The second-order valence-corrected chi connectivity index (χ2v) is 10.4. The fourth-order valence-electron chi connectivity index (χ4n) is 4.64. The van der Waals surface area contributed by atoms with E-state index >= 15 is 0 Å². The minimum Gasteiger partial charge on any atom is -0.477 e. The van der Waals surface area contributed by atoms with Crippen molar-refractivity contribution in [2.45, 2.75) is 58.0 Å². The van der Waals surface area contributed by atoms with E-state index in [1.165, 1.54) is 12.1 Å². The second-order valence-electron chi connectivity index (χ2n) is 10.4. The van der Waals surface area contributed by atoms with Crippen LogP contribution in [0.3, 0.4) is 0 Å². The van der Waals surface area contributed by atoms with Gasteiger partial charge in [-0.05, 0) is 81.5 Å². The number of fused-ring (bicyclic) bond motifs is 1. The Hall–Kier alpha value is -3.75. The zero-order valence-corrected chi connectivity index (χ0v) is 20.6. The molecule has 8 nitrogen and oxygen atoms in total. The van der Waals surface area contributed by atoms with Crippen molar-refractivity contribution in [3.8, 4) is 5.69 Å². The lowest BCUT2D eigenvalue weighted by molar-refractivity contribution is 0.0270. The Bertz CT molecular complexity index is 1370. The van der Waals surface area contributed by atoms with E-state index in [1.807, 2.05) is 26.8 Å². The number of halogens is 1. The number of rotatable bonds is 4. The highest BCUT2D eigenvalue weighted by molar-refractivity contribution is 5.98. The van der Waals surface area contributed by atoms with Crippen molar-refractivity contribution in [2.24, 2.45) is 0 Å². The Balaban J connectivity index is 1.62. The Morgan fingerprint density at radius 2 is 1.89 bits per heavy atom. The quantitative estimate of drug-likeness (QED) is 0.513. The van der Waals surface area contributed by atoms with Gasteiger partial charge in [0, 0.05) is 19.0 Å². The summed E-state index contributed by atoms with van der Waals surface area (Å²) < 4.78 is 20.7. The average Bonchev–Trinajstić information content (AvgIpc) is 3.16. The average molecular weight is 493 g/mol. The Morgan fingerprint density at radius 1 is 1.17 bits per heavy atom. The topological polar surface area (TPSA) is 97.6 Å². The predicted octanol–water partition coefficient (Wildman–Crippen LogP) is 5.55. The van der Waals surface area contributed by atoms with Gasteiger partial charge < -0.3 is 14.7 Å². The third kappa shape index (κ3) is 4.57. The number of aromatic carboxylic acids is 1. The molecule has 1 amide bonds. The van der Waals surface area contributed by atoms with Crippen molar-refractivity contribution in [2.75, 3.05) is 13.1 Å². The van der Waals surface area contributed by atoms with Crippen LogP contribution in [0.15, 0.2) is 36.4 Å². The van der Waals surface area contributed by atoms with Gasteiger partial charge in [0.2, 0.25) is 0 Å². The van der Waals surface area contributed by atoms with Crippen molar-refractivity contribution in [1.82, 2.24) is 19.7 Å². The number of carbonyl (C=O) groups is 2. The number of carboxylic acids is 1. The molecule has 0 bridgehead atoms. The van der Waals surface area contributed by atoms with Crippen LogP contribution in [0.1, 0.15) is 74.1 Å². The molecule has 2 aromatic heterocycles. The van der Waals surface area contributed by atoms with Gasteiger partial charge in [0.1, 0.15) is 11.4 Å². The van der Waals surface area contributed by atoms with Crippen LogP contribution in [-0.2, 0) is 4.74 Å². The first-order valence-electron chi connectivity index (χ1n) is 12.2. The number of hydrogen-bond acceptors (Lipinski definition) is 5. The van der Waals surface area contributed by atoms with Gasteiger partial charge in [-0.3, -0.25) is 0 Å². The molecule has 1 saturated carbocycles. The molecule has 9 heteroatoms. The fourth-order valence-corrected chi connectivity index (χ4v) is 4.64. The van der Waals surface area contributed by atoms with Crippen molar-refractivity contribution >= 4 is 28.7 Å². The molecule has 2 aliphatic rings. The largest absolute Gasteiger partial charge is 0.477 e. The molecule has 1 fully saturated rings. The number of ether oxygens (including phenoxy) is 1. The first-order valence-corrected chi connectivity index (χ1v) is 12.2. The first-order chi connectivity index (χ1) is 17.1. The fraction of sp³-hybridized carbons (Fsp3) is 0.407. The van der Waals surface area contributed by atoms with E-state index in [0.717, 1.165) is 41.5 Å². The second kappa shape index (κ2) is 9.04. The summed E-state index contributed by atoms with van der Waals surface area (Å²) in [7, 11) is 0. The molecule has 0 spiro atoms. The van der Waals surface area contributed by atoms with Gasteiger partial charge in [-0.2, -0.15) is 5.10 Å². The Labute approximate surface area is 208 Å². The summed E-state index contributed by atoms with van der Waals surface area (Å²) in [4.78, 5) is 30.7. The SMILES string of the molecule is CC(C)(C)OC(=O)N1CC=C(c2cc(C(=O)O)nc3c2c(C2CCC2)nn3-c2ccc(F)cc2)CC1. The summed E-state index contributed by atoms with van der Waals surface area (Å²) >= 11 is 0. The number of aromatic nitrogens is 3. The summed E-state index contributed by atoms with van der Waals surface area (Å²) in [5.41, 5.74) is 2.99. The lowest BCUT2D eigenvalue weighted by Gasteiger charge is -2.30. The van der Waals surface area contributed by atoms with E-state index in [-0.39, 0.29) is 23.5 Å². The first kappa shape index (κ1) is 24.0. The maximum Gasteiger partial charge on any atom is 0.410 e. The van der Waals surface area contributed by atoms with Gasteiger partial charge >= 0.3 is 12.1 Å². The maximum absolute atomic E-state index is 13.6. The molecule has 5 rings (SSSR count). The standard InChI is InChI=1S/C27H29FN4O4/c1-27(2,3)36-26(35)31-13-11-16(12-14-31)20-15-21(25(33)34)29-24-22(20)23(17-5-4-6-17)30-32(24)19-9-7-18(28)8-10-19/h7-11,15,17H,4-6,12-14H2,1-3H3,(H,33,34). The van der Waals surface area contributed by atoms with E-state index in [9.17, 15) is 19.1 Å². The molecule has 0 atom stereocenters. The van der Waals surface area contributed by atoms with Crippen LogP contribution in [0.2, 0.25) is 0 Å². The van der Waals surface area contributed by atoms with Crippen LogP contribution >= 0.6 is 0 Å². The molecular weight excluding hydrogens is 463 g/mol. The molecule has 1 aromatic carbocycles. The van der Waals surface area contributed by atoms with Crippen LogP contribution in [0, 0.1) is 5.82 Å². The van der Waals surface area contributed by atoms with Gasteiger partial charge in [0.05, 0.1) is 16.8 Å². The van der Waals surface area contributed by atoms with Gasteiger partial charge in [-0.1, -0.05) is 12.5 Å². The molecule has 0 saturated heterocycles. The van der Waals surface area contributed by atoms with E-state index < -0.39 is 11.6 Å². The van der Waals surface area contributed by atoms with Crippen molar-refractivity contribution in [3.63, 3.8) is 0 Å². The van der Waals surface area contributed by atoms with Crippen LogP contribution in [0.25, 0.3) is 22.3 Å². The molecule has 1 aliphatic carbocycles. The summed E-state index contributed by atoms with van der Waals surface area (Å²) in [5.74, 6) is -1.24. The van der Waals surface area contributed by atoms with Gasteiger partial charge in [-0.15, -0.1) is 0 Å². The number of amides is 1. The van der Waals surface area contributed by atoms with Crippen molar-refractivity contribution in [3.05, 3.63) is 59.2 Å². The summed E-state index contributed by atoms with van der Waals surface area (Å²) in [6.07, 6.45) is 5.24. The van der Waals surface area contributed by atoms with Crippen LogP contribution in [0.5, 0.6) is 0 Å². The lowest BCUT2D eigenvalue weighted by Crippen LogP contribution is -2.39. The molecular formula is C27H29FN4O4. The highest BCUT2D eigenvalue weighted by atomic mass is 19.1. The molecule has 36 heavy (non-hydrogen) atoms.